The van der Waals surface area contributed by atoms with Crippen molar-refractivity contribution in [3.63, 3.8) is 0 Å². The Bertz CT molecular complexity index is 607. The Morgan fingerprint density at radius 3 is 2.94 bits per heavy atom. The van der Waals surface area contributed by atoms with Crippen LogP contribution in [0.2, 0.25) is 0 Å². The normalized spacial score (nSPS) is 10.9. The second-order valence-electron chi connectivity index (χ2n) is 4.40. The van der Waals surface area contributed by atoms with Crippen LogP contribution in [0.4, 0.5) is 0 Å². The van der Waals surface area contributed by atoms with Crippen LogP contribution >= 0.6 is 0 Å². The van der Waals surface area contributed by atoms with Crippen molar-refractivity contribution in [2.45, 2.75) is 26.2 Å². The first-order valence-corrected chi connectivity index (χ1v) is 5.74. The van der Waals surface area contributed by atoms with E-state index in [2.05, 4.69) is 4.98 Å². The Labute approximate surface area is 99.3 Å². The Hall–Kier alpha value is -1.84. The van der Waals surface area contributed by atoms with Gasteiger partial charge in [-0.3, -0.25) is 4.79 Å². The quantitative estimate of drug-likeness (QED) is 0.873. The van der Waals surface area contributed by atoms with Gasteiger partial charge in [-0.25, -0.2) is 0 Å². The molecule has 0 fully saturated rings. The third kappa shape index (κ3) is 2.46. The van der Waals surface area contributed by atoms with Crippen molar-refractivity contribution in [1.29, 1.82) is 0 Å². The van der Waals surface area contributed by atoms with Gasteiger partial charge in [0.1, 0.15) is 5.78 Å². The summed E-state index contributed by atoms with van der Waals surface area (Å²) in [7, 11) is 1.92. The van der Waals surface area contributed by atoms with Gasteiger partial charge in [-0.05, 0) is 31.9 Å². The molecule has 0 saturated carbocycles. The molecule has 0 spiro atoms. The fourth-order valence-electron chi connectivity index (χ4n) is 1.99. The Balaban J connectivity index is 2.26. The van der Waals surface area contributed by atoms with Crippen molar-refractivity contribution in [1.82, 2.24) is 9.55 Å². The molecule has 0 radical (unpaired) electrons. The van der Waals surface area contributed by atoms with Gasteiger partial charge in [0.05, 0.1) is 10.9 Å². The number of aromatic amines is 1. The van der Waals surface area contributed by atoms with Gasteiger partial charge >= 0.3 is 0 Å². The van der Waals surface area contributed by atoms with E-state index in [1.165, 1.54) is 0 Å². The van der Waals surface area contributed by atoms with Crippen molar-refractivity contribution in [3.8, 4) is 0 Å². The number of rotatable bonds is 4. The van der Waals surface area contributed by atoms with E-state index in [0.29, 0.717) is 11.8 Å². The molecule has 2 aromatic heterocycles. The zero-order valence-corrected chi connectivity index (χ0v) is 10.1. The highest BCUT2D eigenvalue weighted by Crippen LogP contribution is 2.12. The van der Waals surface area contributed by atoms with Gasteiger partial charge in [-0.1, -0.05) is 0 Å². The van der Waals surface area contributed by atoms with Crippen LogP contribution in [0.15, 0.2) is 23.1 Å². The van der Waals surface area contributed by atoms with Crippen LogP contribution < -0.4 is 5.56 Å². The van der Waals surface area contributed by atoms with Crippen molar-refractivity contribution in [2.75, 3.05) is 0 Å². The molecule has 90 valence electrons. The summed E-state index contributed by atoms with van der Waals surface area (Å²) < 4.78 is 1.93. The number of carbonyl (C=O) groups excluding carboxylic acids is 1. The van der Waals surface area contributed by atoms with Crippen LogP contribution in [0.1, 0.15) is 25.5 Å². The average Bonchev–Trinajstić information content (AvgIpc) is 2.61. The largest absolute Gasteiger partial charge is 0.350 e. The summed E-state index contributed by atoms with van der Waals surface area (Å²) in [6, 6.07) is 3.80. The standard InChI is InChI=1S/C13H16N2O2/c1-9(16)4-3-5-10-8-12-11(13(17)14-10)6-7-15(12)2/h6-8H,3-5H2,1-2H3,(H,14,17). The van der Waals surface area contributed by atoms with E-state index < -0.39 is 0 Å². The molecular weight excluding hydrogens is 216 g/mol. The van der Waals surface area contributed by atoms with E-state index in [4.69, 9.17) is 0 Å². The van der Waals surface area contributed by atoms with E-state index in [0.717, 1.165) is 24.1 Å². The molecule has 0 saturated heterocycles. The summed E-state index contributed by atoms with van der Waals surface area (Å²) in [5.74, 6) is 0.187. The number of hydrogen-bond donors (Lipinski definition) is 1. The van der Waals surface area contributed by atoms with Gasteiger partial charge in [-0.2, -0.15) is 0 Å². The zero-order chi connectivity index (χ0) is 12.4. The number of ketones is 1. The number of aryl methyl sites for hydroxylation is 2. The smallest absolute Gasteiger partial charge is 0.257 e. The lowest BCUT2D eigenvalue weighted by molar-refractivity contribution is -0.117. The molecule has 2 aromatic rings. The monoisotopic (exact) mass is 232 g/mol. The molecule has 1 N–H and O–H groups in total. The summed E-state index contributed by atoms with van der Waals surface area (Å²) in [5, 5.41) is 0.711. The molecule has 2 heterocycles. The van der Waals surface area contributed by atoms with Gasteiger partial charge in [0.25, 0.3) is 5.56 Å². The molecule has 17 heavy (non-hydrogen) atoms. The maximum atomic E-state index is 11.8. The van der Waals surface area contributed by atoms with Gasteiger partial charge in [0.2, 0.25) is 0 Å². The van der Waals surface area contributed by atoms with E-state index >= 15 is 0 Å². The number of H-pyrrole nitrogens is 1. The Morgan fingerprint density at radius 2 is 2.24 bits per heavy atom. The van der Waals surface area contributed by atoms with Gasteiger partial charge in [-0.15, -0.1) is 0 Å². The van der Waals surface area contributed by atoms with E-state index in [-0.39, 0.29) is 11.3 Å². The minimum atomic E-state index is -0.0547. The molecule has 0 unspecified atom stereocenters. The lowest BCUT2D eigenvalue weighted by Crippen LogP contribution is -2.09. The second kappa shape index (κ2) is 4.57. The van der Waals surface area contributed by atoms with Crippen molar-refractivity contribution < 1.29 is 4.79 Å². The zero-order valence-electron chi connectivity index (χ0n) is 10.1. The Morgan fingerprint density at radius 1 is 1.47 bits per heavy atom. The lowest BCUT2D eigenvalue weighted by Gasteiger charge is -2.02. The first-order valence-electron chi connectivity index (χ1n) is 5.74. The Kier molecular flexibility index (Phi) is 3.13. The molecule has 0 aromatic carbocycles. The molecule has 2 rings (SSSR count). The number of nitrogens with one attached hydrogen (secondary N) is 1. The number of hydrogen-bond acceptors (Lipinski definition) is 2. The molecule has 4 heteroatoms. The van der Waals surface area contributed by atoms with Crippen LogP contribution in [-0.2, 0) is 18.3 Å². The van der Waals surface area contributed by atoms with Crippen LogP contribution in [-0.4, -0.2) is 15.3 Å². The molecule has 0 bridgehead atoms. The molecule has 0 atom stereocenters. The molecular formula is C13H16N2O2. The summed E-state index contributed by atoms with van der Waals surface area (Å²) in [4.78, 5) is 25.5. The predicted molar refractivity (Wildman–Crippen MR) is 67.2 cm³/mol. The maximum absolute atomic E-state index is 11.8. The topological polar surface area (TPSA) is 54.9 Å². The minimum absolute atomic E-state index is 0.0547. The van der Waals surface area contributed by atoms with Gasteiger partial charge in [0.15, 0.2) is 0 Å². The van der Waals surface area contributed by atoms with Crippen molar-refractivity contribution >= 4 is 16.7 Å². The summed E-state index contributed by atoms with van der Waals surface area (Å²) in [6.45, 7) is 1.59. The number of nitrogens with zero attached hydrogens (tertiary/aromatic N) is 1. The van der Waals surface area contributed by atoms with E-state index in [1.54, 1.807) is 6.92 Å². The van der Waals surface area contributed by atoms with Crippen LogP contribution in [0.25, 0.3) is 10.9 Å². The summed E-state index contributed by atoms with van der Waals surface area (Å²) in [6.07, 6.45) is 3.95. The minimum Gasteiger partial charge on any atom is -0.350 e. The first-order chi connectivity index (χ1) is 8.08. The molecule has 0 aliphatic heterocycles. The number of Topliss-reactive ketones (excluding diaryl/α,β-unsaturated/α-hetero) is 1. The fraction of sp³-hybridized carbons (Fsp3) is 0.385. The molecule has 0 aliphatic carbocycles. The summed E-state index contributed by atoms with van der Waals surface area (Å²) in [5.41, 5.74) is 1.78. The van der Waals surface area contributed by atoms with Crippen LogP contribution in [0.3, 0.4) is 0 Å². The second-order valence-corrected chi connectivity index (χ2v) is 4.40. The molecule has 0 aliphatic rings. The highest BCUT2D eigenvalue weighted by molar-refractivity contribution is 5.79. The van der Waals surface area contributed by atoms with Crippen molar-refractivity contribution in [3.05, 3.63) is 34.4 Å². The maximum Gasteiger partial charge on any atom is 0.257 e. The highest BCUT2D eigenvalue weighted by atomic mass is 16.1. The number of fused-ring (bicyclic) bond motifs is 1. The third-order valence-corrected chi connectivity index (χ3v) is 2.93. The SMILES string of the molecule is CC(=O)CCCc1cc2c(ccn2C)c(=O)[nH]1. The fourth-order valence-corrected chi connectivity index (χ4v) is 1.99. The van der Waals surface area contributed by atoms with E-state index in [1.807, 2.05) is 29.9 Å². The average molecular weight is 232 g/mol. The molecule has 0 amide bonds. The number of aromatic nitrogens is 2. The first kappa shape index (κ1) is 11.6. The van der Waals surface area contributed by atoms with Gasteiger partial charge in [0, 0.05) is 25.4 Å². The highest BCUT2D eigenvalue weighted by Gasteiger charge is 2.05. The van der Waals surface area contributed by atoms with Crippen LogP contribution in [0.5, 0.6) is 0 Å². The lowest BCUT2D eigenvalue weighted by atomic mass is 10.1. The summed E-state index contributed by atoms with van der Waals surface area (Å²) >= 11 is 0. The van der Waals surface area contributed by atoms with Gasteiger partial charge < -0.3 is 14.3 Å². The molecule has 4 nitrogen and oxygen atoms in total. The number of carbonyl (C=O) groups is 1. The number of pyridine rings is 1. The third-order valence-electron chi connectivity index (χ3n) is 2.93. The predicted octanol–water partition coefficient (Wildman–Crippen LogP) is 1.78. The van der Waals surface area contributed by atoms with Crippen molar-refractivity contribution in [2.24, 2.45) is 7.05 Å². The van der Waals surface area contributed by atoms with E-state index in [9.17, 15) is 9.59 Å². The van der Waals surface area contributed by atoms with Crippen LogP contribution in [0, 0.1) is 0 Å².